The van der Waals surface area contributed by atoms with Crippen molar-refractivity contribution in [3.05, 3.63) is 48.7 Å². The Morgan fingerprint density at radius 1 is 1.09 bits per heavy atom. The summed E-state index contributed by atoms with van der Waals surface area (Å²) >= 11 is 0. The number of rotatable bonds is 6. The van der Waals surface area contributed by atoms with Gasteiger partial charge < -0.3 is 14.5 Å². The van der Waals surface area contributed by atoms with Crippen molar-refractivity contribution in [3.8, 4) is 28.7 Å². The summed E-state index contributed by atoms with van der Waals surface area (Å²) in [4.78, 5) is 15.8. The van der Waals surface area contributed by atoms with Crippen LogP contribution < -0.4 is 4.74 Å². The van der Waals surface area contributed by atoms with Gasteiger partial charge in [0.05, 0.1) is 30.0 Å². The van der Waals surface area contributed by atoms with E-state index in [1.54, 1.807) is 37.8 Å². The summed E-state index contributed by atoms with van der Waals surface area (Å²) in [5.74, 6) is -0.290. The van der Waals surface area contributed by atoms with E-state index in [-0.39, 0.29) is 11.8 Å². The number of methoxy groups -OCH3 is 1. The summed E-state index contributed by atoms with van der Waals surface area (Å²) in [5, 5.41) is 0. The van der Waals surface area contributed by atoms with E-state index in [4.69, 9.17) is 9.47 Å². The highest BCUT2D eigenvalue weighted by atomic mass is 19.1. The maximum absolute atomic E-state index is 13.1. The molecule has 0 fully saturated rings. The Labute approximate surface area is 132 Å². The molecule has 0 bridgehead atoms. The molecule has 2 aromatic heterocycles. The van der Waals surface area contributed by atoms with E-state index in [0.717, 1.165) is 11.3 Å². The summed E-state index contributed by atoms with van der Waals surface area (Å²) in [6, 6.07) is 8.15. The zero-order valence-corrected chi connectivity index (χ0v) is 12.5. The molecule has 1 N–H and O–H groups in total. The first-order chi connectivity index (χ1) is 11.3. The van der Waals surface area contributed by atoms with Crippen LogP contribution in [0.4, 0.5) is 4.39 Å². The largest absolute Gasteiger partial charge is 0.461 e. The molecule has 0 amide bonds. The summed E-state index contributed by atoms with van der Waals surface area (Å²) in [6.07, 6.45) is 3.18. The van der Waals surface area contributed by atoms with E-state index in [1.807, 2.05) is 0 Å². The molecule has 3 rings (SSSR count). The van der Waals surface area contributed by atoms with Crippen molar-refractivity contribution >= 4 is 0 Å². The molecule has 2 heterocycles. The first kappa shape index (κ1) is 15.1. The van der Waals surface area contributed by atoms with E-state index in [0.29, 0.717) is 24.6 Å². The van der Waals surface area contributed by atoms with Crippen molar-refractivity contribution in [2.45, 2.75) is 0 Å². The number of aromatic nitrogens is 4. The number of halogens is 1. The highest BCUT2D eigenvalue weighted by Gasteiger charge is 2.13. The number of H-pyrrole nitrogens is 1. The maximum atomic E-state index is 13.1. The predicted octanol–water partition coefficient (Wildman–Crippen LogP) is 2.70. The van der Waals surface area contributed by atoms with Crippen molar-refractivity contribution in [1.29, 1.82) is 0 Å². The molecule has 0 unspecified atom stereocenters. The lowest BCUT2D eigenvalue weighted by atomic mass is 10.1. The van der Waals surface area contributed by atoms with Gasteiger partial charge in [0.1, 0.15) is 12.4 Å². The van der Waals surface area contributed by atoms with E-state index in [2.05, 4.69) is 19.9 Å². The van der Waals surface area contributed by atoms with Gasteiger partial charge in [-0.2, -0.15) is 4.98 Å². The zero-order valence-electron chi connectivity index (χ0n) is 12.5. The Bertz CT molecular complexity index is 774. The van der Waals surface area contributed by atoms with Crippen molar-refractivity contribution in [2.24, 2.45) is 0 Å². The summed E-state index contributed by atoms with van der Waals surface area (Å²) in [5.41, 5.74) is 2.84. The Hall–Kier alpha value is -2.80. The number of imidazole rings is 1. The first-order valence-electron chi connectivity index (χ1n) is 7.02. The van der Waals surface area contributed by atoms with Gasteiger partial charge in [0.2, 0.25) is 0 Å². The van der Waals surface area contributed by atoms with Crippen LogP contribution in [0.3, 0.4) is 0 Å². The normalized spacial score (nSPS) is 10.7. The third-order valence-electron chi connectivity index (χ3n) is 3.17. The van der Waals surface area contributed by atoms with Crippen LogP contribution in [0, 0.1) is 5.82 Å². The highest BCUT2D eigenvalue weighted by molar-refractivity contribution is 5.76. The second-order valence-electron chi connectivity index (χ2n) is 4.70. The smallest absolute Gasteiger partial charge is 0.317 e. The number of benzene rings is 1. The molecule has 23 heavy (non-hydrogen) atoms. The van der Waals surface area contributed by atoms with Crippen LogP contribution in [0.1, 0.15) is 0 Å². The van der Waals surface area contributed by atoms with Crippen LogP contribution in [0.2, 0.25) is 0 Å². The number of ether oxygens (including phenoxy) is 2. The molecule has 3 aromatic rings. The Kier molecular flexibility index (Phi) is 4.58. The minimum atomic E-state index is -0.290. The molecule has 0 saturated carbocycles. The fourth-order valence-electron chi connectivity index (χ4n) is 2.08. The van der Waals surface area contributed by atoms with Crippen LogP contribution >= 0.6 is 0 Å². The van der Waals surface area contributed by atoms with Crippen molar-refractivity contribution < 1.29 is 13.9 Å². The molecule has 7 heteroatoms. The molecule has 6 nitrogen and oxygen atoms in total. The van der Waals surface area contributed by atoms with Gasteiger partial charge in [-0.05, 0) is 30.3 Å². The standard InChI is InChI=1S/C16H15FN4O2/c1-22-8-9-23-16-18-7-6-13(21-16)15-14(19-10-20-15)11-2-4-12(17)5-3-11/h2-7,10H,8-9H2,1H3,(H,19,20). The Balaban J connectivity index is 1.89. The van der Waals surface area contributed by atoms with Crippen molar-refractivity contribution in [1.82, 2.24) is 19.9 Å². The number of hydrogen-bond acceptors (Lipinski definition) is 5. The van der Waals surface area contributed by atoms with Crippen LogP contribution in [0.5, 0.6) is 6.01 Å². The maximum Gasteiger partial charge on any atom is 0.317 e. The van der Waals surface area contributed by atoms with Crippen LogP contribution in [-0.2, 0) is 4.74 Å². The van der Waals surface area contributed by atoms with Gasteiger partial charge in [0, 0.05) is 18.9 Å². The fourth-order valence-corrected chi connectivity index (χ4v) is 2.08. The minimum absolute atomic E-state index is 0.263. The van der Waals surface area contributed by atoms with Crippen LogP contribution in [0.25, 0.3) is 22.6 Å². The van der Waals surface area contributed by atoms with Gasteiger partial charge in [-0.1, -0.05) is 0 Å². The van der Waals surface area contributed by atoms with E-state index >= 15 is 0 Å². The monoisotopic (exact) mass is 314 g/mol. The topological polar surface area (TPSA) is 72.9 Å². The summed E-state index contributed by atoms with van der Waals surface area (Å²) in [6.45, 7) is 0.826. The zero-order chi connectivity index (χ0) is 16.1. The number of aromatic amines is 1. The lowest BCUT2D eigenvalue weighted by molar-refractivity contribution is 0.141. The molecule has 118 valence electrons. The summed E-state index contributed by atoms with van der Waals surface area (Å²) < 4.78 is 23.4. The van der Waals surface area contributed by atoms with E-state index in [9.17, 15) is 4.39 Å². The van der Waals surface area contributed by atoms with Gasteiger partial charge in [0.25, 0.3) is 0 Å². The quantitative estimate of drug-likeness (QED) is 0.708. The molecule has 0 aliphatic carbocycles. The molecule has 0 radical (unpaired) electrons. The molecular weight excluding hydrogens is 299 g/mol. The lowest BCUT2D eigenvalue weighted by Crippen LogP contribution is -2.06. The van der Waals surface area contributed by atoms with Crippen molar-refractivity contribution in [2.75, 3.05) is 20.3 Å². The van der Waals surface area contributed by atoms with Gasteiger partial charge in [-0.15, -0.1) is 0 Å². The number of hydrogen-bond donors (Lipinski definition) is 1. The second kappa shape index (κ2) is 6.97. The van der Waals surface area contributed by atoms with Crippen molar-refractivity contribution in [3.63, 3.8) is 0 Å². The van der Waals surface area contributed by atoms with E-state index < -0.39 is 0 Å². The average Bonchev–Trinajstić information content (AvgIpc) is 3.06. The number of nitrogens with one attached hydrogen (secondary N) is 1. The number of nitrogens with zero attached hydrogens (tertiary/aromatic N) is 3. The third kappa shape index (κ3) is 3.51. The van der Waals surface area contributed by atoms with Gasteiger partial charge in [-0.3, -0.25) is 0 Å². The predicted molar refractivity (Wildman–Crippen MR) is 82.4 cm³/mol. The third-order valence-corrected chi connectivity index (χ3v) is 3.17. The molecule has 0 atom stereocenters. The molecular formula is C16H15FN4O2. The molecule has 0 spiro atoms. The van der Waals surface area contributed by atoms with Crippen LogP contribution in [-0.4, -0.2) is 40.3 Å². The van der Waals surface area contributed by atoms with Gasteiger partial charge >= 0.3 is 6.01 Å². The Morgan fingerprint density at radius 3 is 2.70 bits per heavy atom. The SMILES string of the molecule is COCCOc1nccc(-c2[nH]cnc2-c2ccc(F)cc2)n1. The minimum Gasteiger partial charge on any atom is -0.461 e. The molecule has 0 saturated heterocycles. The summed E-state index contributed by atoms with van der Waals surface area (Å²) in [7, 11) is 1.60. The average molecular weight is 314 g/mol. The lowest BCUT2D eigenvalue weighted by Gasteiger charge is -2.06. The first-order valence-corrected chi connectivity index (χ1v) is 7.02. The fraction of sp³-hybridized carbons (Fsp3) is 0.188. The second-order valence-corrected chi connectivity index (χ2v) is 4.70. The molecule has 0 aliphatic rings. The van der Waals surface area contributed by atoms with Gasteiger partial charge in [0.15, 0.2) is 0 Å². The highest BCUT2D eigenvalue weighted by Crippen LogP contribution is 2.28. The van der Waals surface area contributed by atoms with E-state index in [1.165, 1.54) is 12.1 Å². The van der Waals surface area contributed by atoms with Crippen LogP contribution in [0.15, 0.2) is 42.9 Å². The molecule has 1 aromatic carbocycles. The Morgan fingerprint density at radius 2 is 1.91 bits per heavy atom. The van der Waals surface area contributed by atoms with Gasteiger partial charge in [-0.25, -0.2) is 14.4 Å². The molecule has 0 aliphatic heterocycles.